The molecule has 1 unspecified atom stereocenters. The number of halogens is 1. The third kappa shape index (κ3) is 16.7. The normalized spacial score (nSPS) is 12.8. The van der Waals surface area contributed by atoms with Gasteiger partial charge >= 0.3 is 0 Å². The summed E-state index contributed by atoms with van der Waals surface area (Å²) in [6.07, 6.45) is 19.8. The summed E-state index contributed by atoms with van der Waals surface area (Å²) < 4.78 is 0.371. The van der Waals surface area contributed by atoms with E-state index in [2.05, 4.69) is 29.5 Å². The third-order valence-corrected chi connectivity index (χ3v) is 4.21. The summed E-state index contributed by atoms with van der Waals surface area (Å²) in [5.41, 5.74) is 5.72. The van der Waals surface area contributed by atoms with Gasteiger partial charge in [0.05, 0.1) is 4.05 Å². The number of unbranched alkanes of at least 4 members (excludes halogenated alkanes) is 12. The fourth-order valence-electron chi connectivity index (χ4n) is 2.36. The van der Waals surface area contributed by atoms with Gasteiger partial charge in [-0.05, 0) is 6.42 Å². The molecule has 0 radical (unpaired) electrons. The molecule has 0 saturated heterocycles. The average Bonchev–Trinajstić information content (AvgIpc) is 2.34. The predicted molar refractivity (Wildman–Crippen MR) is 92.3 cm³/mol. The molecular weight excluding hydrogens is 333 g/mol. The van der Waals surface area contributed by atoms with Crippen LogP contribution in [0.15, 0.2) is 0 Å². The number of hydrogen-bond acceptors (Lipinski definition) is 1. The Bertz CT molecular complexity index is 148. The molecule has 0 amide bonds. The molecule has 0 fully saturated rings. The molecule has 0 bridgehead atoms. The first kappa shape index (κ1) is 18.7. The van der Waals surface area contributed by atoms with Crippen molar-refractivity contribution in [2.75, 3.05) is 0 Å². The van der Waals surface area contributed by atoms with Crippen LogP contribution in [-0.4, -0.2) is 4.05 Å². The fraction of sp³-hybridized carbons (Fsp3) is 1.00. The van der Waals surface area contributed by atoms with Crippen molar-refractivity contribution in [2.24, 2.45) is 5.73 Å². The molecule has 0 spiro atoms. The van der Waals surface area contributed by atoms with E-state index >= 15 is 0 Å². The van der Waals surface area contributed by atoms with Crippen molar-refractivity contribution in [1.29, 1.82) is 0 Å². The zero-order valence-electron chi connectivity index (χ0n) is 12.4. The second kappa shape index (κ2) is 15.7. The molecule has 0 aromatic carbocycles. The van der Waals surface area contributed by atoms with Crippen LogP contribution in [0.1, 0.15) is 96.8 Å². The van der Waals surface area contributed by atoms with E-state index < -0.39 is 0 Å². The Balaban J connectivity index is 2.90. The average molecular weight is 367 g/mol. The molecule has 0 aromatic heterocycles. The van der Waals surface area contributed by atoms with Crippen molar-refractivity contribution < 1.29 is 0 Å². The van der Waals surface area contributed by atoms with E-state index in [1.165, 1.54) is 89.9 Å². The molecule has 110 valence electrons. The minimum absolute atomic E-state index is 0.371. The number of alkyl halides is 1. The monoisotopic (exact) mass is 367 g/mol. The van der Waals surface area contributed by atoms with Gasteiger partial charge in [0, 0.05) is 0 Å². The Kier molecular flexibility index (Phi) is 16.4. The summed E-state index contributed by atoms with van der Waals surface area (Å²) in [6.45, 7) is 2.29. The first-order valence-electron chi connectivity index (χ1n) is 8.17. The van der Waals surface area contributed by atoms with Crippen LogP contribution in [0, 0.1) is 0 Å². The summed E-state index contributed by atoms with van der Waals surface area (Å²) in [7, 11) is 0. The standard InChI is InChI=1S/C16H34IN/c1-2-3-4-5-6-7-8-9-10-11-12-13-14-15-16(17)18/h16H,2-15,18H2,1H3. The Morgan fingerprint density at radius 1 is 0.667 bits per heavy atom. The maximum Gasteiger partial charge on any atom is 0.0568 e. The van der Waals surface area contributed by atoms with Gasteiger partial charge in [0.25, 0.3) is 0 Å². The third-order valence-electron chi connectivity index (χ3n) is 3.58. The summed E-state index contributed by atoms with van der Waals surface area (Å²) in [5.74, 6) is 0. The molecule has 18 heavy (non-hydrogen) atoms. The Hall–Kier alpha value is 0.690. The molecule has 2 N–H and O–H groups in total. The second-order valence-electron chi connectivity index (χ2n) is 5.55. The molecule has 0 heterocycles. The van der Waals surface area contributed by atoms with Crippen LogP contribution in [0.2, 0.25) is 0 Å². The van der Waals surface area contributed by atoms with E-state index in [1.807, 2.05) is 0 Å². The number of hydrogen-bond donors (Lipinski definition) is 1. The Morgan fingerprint density at radius 2 is 1.00 bits per heavy atom. The van der Waals surface area contributed by atoms with Crippen LogP contribution >= 0.6 is 22.6 Å². The molecule has 0 aliphatic rings. The summed E-state index contributed by atoms with van der Waals surface area (Å²) in [5, 5.41) is 0. The lowest BCUT2D eigenvalue weighted by molar-refractivity contribution is 0.535. The predicted octanol–water partition coefficient (Wildman–Crippen LogP) is 6.19. The van der Waals surface area contributed by atoms with Gasteiger partial charge in [-0.3, -0.25) is 0 Å². The van der Waals surface area contributed by atoms with E-state index in [0.29, 0.717) is 4.05 Å². The minimum Gasteiger partial charge on any atom is -0.320 e. The molecule has 0 rings (SSSR count). The summed E-state index contributed by atoms with van der Waals surface area (Å²) in [4.78, 5) is 0. The van der Waals surface area contributed by atoms with Gasteiger partial charge < -0.3 is 5.73 Å². The van der Waals surface area contributed by atoms with Crippen LogP contribution in [0.4, 0.5) is 0 Å². The van der Waals surface area contributed by atoms with E-state index in [4.69, 9.17) is 5.73 Å². The smallest absolute Gasteiger partial charge is 0.0568 e. The molecular formula is C16H34IN. The molecule has 0 aliphatic carbocycles. The van der Waals surface area contributed by atoms with Crippen molar-refractivity contribution in [3.05, 3.63) is 0 Å². The molecule has 1 atom stereocenters. The topological polar surface area (TPSA) is 26.0 Å². The molecule has 0 saturated carbocycles. The highest BCUT2D eigenvalue weighted by atomic mass is 127. The lowest BCUT2D eigenvalue weighted by atomic mass is 10.0. The van der Waals surface area contributed by atoms with Crippen molar-refractivity contribution in [2.45, 2.75) is 101 Å². The van der Waals surface area contributed by atoms with Gasteiger partial charge in [0.15, 0.2) is 0 Å². The second-order valence-corrected chi connectivity index (χ2v) is 7.15. The maximum atomic E-state index is 5.72. The first-order chi connectivity index (χ1) is 8.77. The zero-order chi connectivity index (χ0) is 13.5. The van der Waals surface area contributed by atoms with Gasteiger partial charge in [0.2, 0.25) is 0 Å². The van der Waals surface area contributed by atoms with Crippen molar-refractivity contribution in [1.82, 2.24) is 0 Å². The lowest BCUT2D eigenvalue weighted by Gasteiger charge is -2.04. The highest BCUT2D eigenvalue weighted by Gasteiger charge is 1.96. The van der Waals surface area contributed by atoms with Gasteiger partial charge in [-0.15, -0.1) is 0 Å². The summed E-state index contributed by atoms with van der Waals surface area (Å²) >= 11 is 2.32. The van der Waals surface area contributed by atoms with Crippen LogP contribution < -0.4 is 5.73 Å². The summed E-state index contributed by atoms with van der Waals surface area (Å²) in [6, 6.07) is 0. The number of nitrogens with two attached hydrogens (primary N) is 1. The van der Waals surface area contributed by atoms with Gasteiger partial charge in [-0.25, -0.2) is 0 Å². The van der Waals surface area contributed by atoms with Crippen LogP contribution in [-0.2, 0) is 0 Å². The van der Waals surface area contributed by atoms with Crippen molar-refractivity contribution >= 4 is 22.6 Å². The van der Waals surface area contributed by atoms with Crippen LogP contribution in [0.3, 0.4) is 0 Å². The van der Waals surface area contributed by atoms with E-state index in [0.717, 1.165) is 0 Å². The van der Waals surface area contributed by atoms with Gasteiger partial charge in [-0.1, -0.05) is 113 Å². The fourth-order valence-corrected chi connectivity index (χ4v) is 2.80. The zero-order valence-corrected chi connectivity index (χ0v) is 14.6. The highest BCUT2D eigenvalue weighted by Crippen LogP contribution is 2.13. The molecule has 0 aliphatic heterocycles. The Morgan fingerprint density at radius 3 is 1.33 bits per heavy atom. The quantitative estimate of drug-likeness (QED) is 0.168. The maximum absolute atomic E-state index is 5.72. The van der Waals surface area contributed by atoms with E-state index in [9.17, 15) is 0 Å². The lowest BCUT2D eigenvalue weighted by Crippen LogP contribution is -2.09. The van der Waals surface area contributed by atoms with Gasteiger partial charge in [0.1, 0.15) is 0 Å². The van der Waals surface area contributed by atoms with Crippen molar-refractivity contribution in [3.8, 4) is 0 Å². The number of rotatable bonds is 14. The van der Waals surface area contributed by atoms with Crippen molar-refractivity contribution in [3.63, 3.8) is 0 Å². The Labute approximate surface area is 129 Å². The SMILES string of the molecule is CCCCCCCCCCCCCCCC(N)I. The minimum atomic E-state index is 0.371. The first-order valence-corrected chi connectivity index (χ1v) is 9.41. The van der Waals surface area contributed by atoms with E-state index in [1.54, 1.807) is 0 Å². The highest BCUT2D eigenvalue weighted by molar-refractivity contribution is 14.1. The largest absolute Gasteiger partial charge is 0.320 e. The van der Waals surface area contributed by atoms with Gasteiger partial charge in [-0.2, -0.15) is 0 Å². The molecule has 2 heteroatoms. The molecule has 1 nitrogen and oxygen atoms in total. The van der Waals surface area contributed by atoms with Crippen LogP contribution in [0.25, 0.3) is 0 Å². The van der Waals surface area contributed by atoms with E-state index in [-0.39, 0.29) is 0 Å². The molecule has 0 aromatic rings. The van der Waals surface area contributed by atoms with Crippen LogP contribution in [0.5, 0.6) is 0 Å².